The molecule has 128 valence electrons. The van der Waals surface area contributed by atoms with E-state index in [-0.39, 0.29) is 10.9 Å². The normalized spacial score (nSPS) is 16.8. The summed E-state index contributed by atoms with van der Waals surface area (Å²) in [5.74, 6) is 0.855. The fourth-order valence-corrected chi connectivity index (χ4v) is 4.75. The summed E-state index contributed by atoms with van der Waals surface area (Å²) in [6.45, 7) is 1.88. The molecule has 1 aliphatic heterocycles. The first-order valence-electron chi connectivity index (χ1n) is 7.53. The third-order valence-corrected chi connectivity index (χ3v) is 6.10. The zero-order valence-corrected chi connectivity index (χ0v) is 14.6. The van der Waals surface area contributed by atoms with Crippen molar-refractivity contribution in [1.82, 2.24) is 0 Å². The maximum absolute atomic E-state index is 13.2. The van der Waals surface area contributed by atoms with Crippen LogP contribution in [0.15, 0.2) is 41.3 Å². The summed E-state index contributed by atoms with van der Waals surface area (Å²) in [6, 6.07) is 9.78. The third kappa shape index (κ3) is 2.54. The van der Waals surface area contributed by atoms with Crippen LogP contribution in [0.1, 0.15) is 12.5 Å². The molecule has 1 atom stereocenters. The van der Waals surface area contributed by atoms with Crippen molar-refractivity contribution in [3.63, 3.8) is 0 Å². The van der Waals surface area contributed by atoms with Crippen LogP contribution in [0.2, 0.25) is 0 Å². The molecule has 0 amide bonds. The van der Waals surface area contributed by atoms with Gasteiger partial charge in [-0.2, -0.15) is 0 Å². The van der Waals surface area contributed by atoms with E-state index in [0.29, 0.717) is 29.3 Å². The van der Waals surface area contributed by atoms with Crippen molar-refractivity contribution >= 4 is 21.4 Å². The quantitative estimate of drug-likeness (QED) is 0.858. The van der Waals surface area contributed by atoms with Crippen LogP contribution in [0.5, 0.6) is 11.5 Å². The largest absolute Gasteiger partial charge is 0.493 e. The molecule has 0 unspecified atom stereocenters. The summed E-state index contributed by atoms with van der Waals surface area (Å²) in [7, 11) is -0.751. The van der Waals surface area contributed by atoms with E-state index in [4.69, 9.17) is 15.2 Å². The second kappa shape index (κ2) is 5.90. The Bertz CT molecular complexity index is 880. The molecule has 0 saturated carbocycles. The van der Waals surface area contributed by atoms with Crippen molar-refractivity contribution in [2.24, 2.45) is 0 Å². The van der Waals surface area contributed by atoms with Gasteiger partial charge in [0.25, 0.3) is 10.0 Å². The van der Waals surface area contributed by atoms with Crippen LogP contribution in [0.25, 0.3) is 0 Å². The summed E-state index contributed by atoms with van der Waals surface area (Å²) in [5.41, 5.74) is 7.99. The van der Waals surface area contributed by atoms with E-state index in [1.165, 1.54) is 30.7 Å². The molecule has 7 heteroatoms. The van der Waals surface area contributed by atoms with Gasteiger partial charge in [0.2, 0.25) is 0 Å². The lowest BCUT2D eigenvalue weighted by molar-refractivity contribution is 0.354. The molecule has 24 heavy (non-hydrogen) atoms. The van der Waals surface area contributed by atoms with Crippen LogP contribution in [-0.4, -0.2) is 28.7 Å². The van der Waals surface area contributed by atoms with Crippen LogP contribution in [0.3, 0.4) is 0 Å². The number of nitrogens with two attached hydrogens (primary N) is 1. The van der Waals surface area contributed by atoms with E-state index in [1.807, 2.05) is 13.0 Å². The fourth-order valence-electron chi connectivity index (χ4n) is 3.05. The molecule has 2 aromatic carbocycles. The number of methoxy groups -OCH3 is 2. The highest BCUT2D eigenvalue weighted by Gasteiger charge is 2.36. The molecular weight excluding hydrogens is 328 g/mol. The predicted molar refractivity (Wildman–Crippen MR) is 93.2 cm³/mol. The van der Waals surface area contributed by atoms with E-state index in [9.17, 15) is 8.42 Å². The number of sulfonamides is 1. The minimum absolute atomic E-state index is 0.155. The van der Waals surface area contributed by atoms with Gasteiger partial charge in [-0.15, -0.1) is 0 Å². The highest BCUT2D eigenvalue weighted by Crippen LogP contribution is 2.39. The molecule has 0 saturated heterocycles. The molecule has 3 rings (SSSR count). The topological polar surface area (TPSA) is 81.9 Å². The van der Waals surface area contributed by atoms with Crippen LogP contribution in [0.4, 0.5) is 11.4 Å². The summed E-state index contributed by atoms with van der Waals surface area (Å²) in [4.78, 5) is 0.155. The monoisotopic (exact) mass is 348 g/mol. The van der Waals surface area contributed by atoms with Gasteiger partial charge in [0.15, 0.2) is 11.5 Å². The van der Waals surface area contributed by atoms with Crippen molar-refractivity contribution in [1.29, 1.82) is 0 Å². The fraction of sp³-hybridized carbons (Fsp3) is 0.294. The summed E-state index contributed by atoms with van der Waals surface area (Å²) >= 11 is 0. The molecule has 1 aliphatic rings. The predicted octanol–water partition coefficient (Wildman–Crippen LogP) is 2.43. The molecule has 0 aromatic heterocycles. The summed E-state index contributed by atoms with van der Waals surface area (Å²) in [5, 5.41) is 0. The lowest BCUT2D eigenvalue weighted by Crippen LogP contribution is -2.35. The van der Waals surface area contributed by atoms with Gasteiger partial charge in [0, 0.05) is 17.8 Å². The maximum Gasteiger partial charge on any atom is 0.264 e. The first-order chi connectivity index (χ1) is 11.4. The Morgan fingerprint density at radius 2 is 1.79 bits per heavy atom. The number of nitrogens with zero attached hydrogens (tertiary/aromatic N) is 1. The first-order valence-corrected chi connectivity index (χ1v) is 8.97. The molecular formula is C17H20N2O4S. The summed E-state index contributed by atoms with van der Waals surface area (Å²) < 4.78 is 38.2. The van der Waals surface area contributed by atoms with Gasteiger partial charge >= 0.3 is 0 Å². The lowest BCUT2D eigenvalue weighted by atomic mass is 10.1. The number of nitrogen functional groups attached to an aromatic ring is 1. The molecule has 0 fully saturated rings. The van der Waals surface area contributed by atoms with Gasteiger partial charge in [0.05, 0.1) is 24.8 Å². The Morgan fingerprint density at radius 1 is 1.08 bits per heavy atom. The Labute approximate surface area is 141 Å². The van der Waals surface area contributed by atoms with E-state index < -0.39 is 10.0 Å². The molecule has 6 nitrogen and oxygen atoms in total. The molecule has 0 radical (unpaired) electrons. The second-order valence-corrected chi connectivity index (χ2v) is 7.57. The molecule has 1 heterocycles. The van der Waals surface area contributed by atoms with E-state index in [1.54, 1.807) is 18.2 Å². The zero-order chi connectivity index (χ0) is 17.5. The van der Waals surface area contributed by atoms with Crippen molar-refractivity contribution in [2.75, 3.05) is 24.3 Å². The van der Waals surface area contributed by atoms with Gasteiger partial charge in [-0.3, -0.25) is 4.31 Å². The Hall–Kier alpha value is -2.41. The van der Waals surface area contributed by atoms with Gasteiger partial charge < -0.3 is 15.2 Å². The standard InChI is InChI=1S/C17H20N2O4S/c1-11-8-12-4-5-13(18)9-15(12)19(11)24(20,21)14-6-7-16(22-2)17(10-14)23-3/h4-7,9-11H,8,18H2,1-3H3/t11-/m1/s1. The number of fused-ring (bicyclic) bond motifs is 1. The van der Waals surface area contributed by atoms with Gasteiger partial charge in [-0.05, 0) is 43.2 Å². The SMILES string of the molecule is COc1ccc(S(=O)(=O)N2c3cc(N)ccc3C[C@H]2C)cc1OC. The molecule has 0 spiro atoms. The number of rotatable bonds is 4. The van der Waals surface area contributed by atoms with Gasteiger partial charge in [-0.1, -0.05) is 6.07 Å². The first kappa shape index (κ1) is 16.4. The number of anilines is 2. The van der Waals surface area contributed by atoms with Gasteiger partial charge in [-0.25, -0.2) is 8.42 Å². The Morgan fingerprint density at radius 3 is 2.46 bits per heavy atom. The van der Waals surface area contributed by atoms with Crippen molar-refractivity contribution < 1.29 is 17.9 Å². The molecule has 2 aromatic rings. The van der Waals surface area contributed by atoms with Crippen LogP contribution in [0, 0.1) is 0 Å². The van der Waals surface area contributed by atoms with Crippen LogP contribution >= 0.6 is 0 Å². The number of benzene rings is 2. The lowest BCUT2D eigenvalue weighted by Gasteiger charge is -2.25. The maximum atomic E-state index is 13.2. The average molecular weight is 348 g/mol. The van der Waals surface area contributed by atoms with Crippen molar-refractivity contribution in [2.45, 2.75) is 24.3 Å². The molecule has 0 aliphatic carbocycles. The van der Waals surface area contributed by atoms with Crippen molar-refractivity contribution in [3.05, 3.63) is 42.0 Å². The minimum atomic E-state index is -3.73. The van der Waals surface area contributed by atoms with Crippen LogP contribution < -0.4 is 19.5 Å². The Kier molecular flexibility index (Phi) is 4.04. The highest BCUT2D eigenvalue weighted by atomic mass is 32.2. The van der Waals surface area contributed by atoms with Crippen LogP contribution in [-0.2, 0) is 16.4 Å². The third-order valence-electron chi connectivity index (χ3n) is 4.17. The smallest absolute Gasteiger partial charge is 0.264 e. The second-order valence-electron chi connectivity index (χ2n) is 5.76. The highest BCUT2D eigenvalue weighted by molar-refractivity contribution is 7.92. The van der Waals surface area contributed by atoms with Gasteiger partial charge in [0.1, 0.15) is 0 Å². The van der Waals surface area contributed by atoms with E-state index >= 15 is 0 Å². The number of hydrogen-bond acceptors (Lipinski definition) is 5. The zero-order valence-electron chi connectivity index (χ0n) is 13.8. The number of ether oxygens (including phenoxy) is 2. The average Bonchev–Trinajstić information content (AvgIpc) is 2.89. The van der Waals surface area contributed by atoms with Crippen molar-refractivity contribution in [3.8, 4) is 11.5 Å². The Balaban J connectivity index is 2.11. The minimum Gasteiger partial charge on any atom is -0.493 e. The summed E-state index contributed by atoms with van der Waals surface area (Å²) in [6.07, 6.45) is 0.655. The van der Waals surface area contributed by atoms with E-state index in [0.717, 1.165) is 5.56 Å². The molecule has 2 N–H and O–H groups in total. The molecule has 0 bridgehead atoms. The number of hydrogen-bond donors (Lipinski definition) is 1. The van der Waals surface area contributed by atoms with E-state index in [2.05, 4.69) is 0 Å².